The SMILES string of the molecule is C/C(N)=C/c1cc[nH]c1N.CC. The van der Waals surface area contributed by atoms with Gasteiger partial charge in [-0.05, 0) is 19.1 Å². The highest BCUT2D eigenvalue weighted by atomic mass is 14.8. The van der Waals surface area contributed by atoms with Crippen LogP contribution in [0.25, 0.3) is 6.08 Å². The molecule has 0 aliphatic rings. The molecule has 5 N–H and O–H groups in total. The third kappa shape index (κ3) is 3.14. The Morgan fingerprint density at radius 3 is 2.42 bits per heavy atom. The average molecular weight is 167 g/mol. The molecular formula is C9H17N3. The van der Waals surface area contributed by atoms with E-state index in [1.54, 1.807) is 6.20 Å². The quantitative estimate of drug-likeness (QED) is 0.598. The van der Waals surface area contributed by atoms with Gasteiger partial charge in [-0.25, -0.2) is 0 Å². The van der Waals surface area contributed by atoms with Crippen LogP contribution in [0.1, 0.15) is 26.3 Å². The average Bonchev–Trinajstić information content (AvgIpc) is 2.40. The predicted molar refractivity (Wildman–Crippen MR) is 54.4 cm³/mol. The van der Waals surface area contributed by atoms with Gasteiger partial charge in [0, 0.05) is 17.5 Å². The maximum Gasteiger partial charge on any atom is 0.108 e. The summed E-state index contributed by atoms with van der Waals surface area (Å²) >= 11 is 0. The molecule has 0 radical (unpaired) electrons. The summed E-state index contributed by atoms with van der Waals surface area (Å²) in [4.78, 5) is 2.85. The summed E-state index contributed by atoms with van der Waals surface area (Å²) in [5.74, 6) is 0.657. The largest absolute Gasteiger partial charge is 0.402 e. The molecule has 1 rings (SSSR count). The van der Waals surface area contributed by atoms with Crippen LogP contribution < -0.4 is 11.5 Å². The van der Waals surface area contributed by atoms with E-state index in [9.17, 15) is 0 Å². The number of H-pyrrole nitrogens is 1. The highest BCUT2D eigenvalue weighted by Crippen LogP contribution is 2.10. The molecule has 1 aromatic rings. The molecule has 0 amide bonds. The summed E-state index contributed by atoms with van der Waals surface area (Å²) in [6, 6.07) is 1.88. The number of rotatable bonds is 1. The molecule has 0 saturated carbocycles. The molecule has 0 fully saturated rings. The lowest BCUT2D eigenvalue weighted by Crippen LogP contribution is -1.91. The van der Waals surface area contributed by atoms with E-state index in [0.717, 1.165) is 11.3 Å². The number of nitrogen functional groups attached to an aromatic ring is 1. The second-order valence-corrected chi connectivity index (χ2v) is 2.24. The van der Waals surface area contributed by atoms with Crippen LogP contribution in [0.2, 0.25) is 0 Å². The van der Waals surface area contributed by atoms with Gasteiger partial charge in [0.15, 0.2) is 0 Å². The Morgan fingerprint density at radius 2 is 2.08 bits per heavy atom. The molecule has 0 aromatic carbocycles. The third-order valence-electron chi connectivity index (χ3n) is 1.20. The van der Waals surface area contributed by atoms with Crippen LogP contribution in [0.3, 0.4) is 0 Å². The van der Waals surface area contributed by atoms with Crippen LogP contribution in [0.15, 0.2) is 18.0 Å². The Morgan fingerprint density at radius 1 is 1.50 bits per heavy atom. The summed E-state index contributed by atoms with van der Waals surface area (Å²) in [6.07, 6.45) is 3.61. The first kappa shape index (κ1) is 10.6. The van der Waals surface area contributed by atoms with Crippen molar-refractivity contribution < 1.29 is 0 Å². The van der Waals surface area contributed by atoms with Crippen molar-refractivity contribution in [3.8, 4) is 0 Å². The zero-order valence-corrected chi connectivity index (χ0v) is 7.89. The van der Waals surface area contributed by atoms with E-state index in [4.69, 9.17) is 11.5 Å². The molecule has 3 nitrogen and oxygen atoms in total. The van der Waals surface area contributed by atoms with E-state index in [0.29, 0.717) is 5.82 Å². The van der Waals surface area contributed by atoms with Gasteiger partial charge in [-0.1, -0.05) is 13.8 Å². The number of anilines is 1. The summed E-state index contributed by atoms with van der Waals surface area (Å²) in [6.45, 7) is 5.83. The fourth-order valence-corrected chi connectivity index (χ4v) is 0.765. The van der Waals surface area contributed by atoms with Crippen LogP contribution in [-0.4, -0.2) is 4.98 Å². The summed E-state index contributed by atoms with van der Waals surface area (Å²) in [5.41, 5.74) is 12.7. The van der Waals surface area contributed by atoms with Crippen molar-refractivity contribution >= 4 is 11.9 Å². The minimum atomic E-state index is 0.657. The number of allylic oxidation sites excluding steroid dienone is 1. The number of aromatic nitrogens is 1. The Kier molecular flexibility index (Phi) is 4.69. The lowest BCUT2D eigenvalue weighted by molar-refractivity contribution is 1.34. The topological polar surface area (TPSA) is 67.8 Å². The predicted octanol–water partition coefficient (Wildman–Crippen LogP) is 1.94. The molecule has 0 atom stereocenters. The maximum absolute atomic E-state index is 5.53. The monoisotopic (exact) mass is 167 g/mol. The van der Waals surface area contributed by atoms with Crippen molar-refractivity contribution in [2.75, 3.05) is 5.73 Å². The lowest BCUT2D eigenvalue weighted by atomic mass is 10.3. The van der Waals surface area contributed by atoms with Crippen LogP contribution in [0, 0.1) is 0 Å². The normalized spacial score (nSPS) is 10.4. The Hall–Kier alpha value is -1.38. The number of aromatic amines is 1. The summed E-state index contributed by atoms with van der Waals surface area (Å²) < 4.78 is 0. The van der Waals surface area contributed by atoms with E-state index in [1.807, 2.05) is 32.9 Å². The van der Waals surface area contributed by atoms with Crippen molar-refractivity contribution in [2.24, 2.45) is 5.73 Å². The van der Waals surface area contributed by atoms with Gasteiger partial charge in [0.1, 0.15) is 5.82 Å². The van der Waals surface area contributed by atoms with Crippen molar-refractivity contribution in [1.82, 2.24) is 4.98 Å². The molecule has 0 spiro atoms. The van der Waals surface area contributed by atoms with E-state index in [-0.39, 0.29) is 0 Å². The Balaban J connectivity index is 0.000000561. The van der Waals surface area contributed by atoms with Crippen molar-refractivity contribution in [3.05, 3.63) is 23.5 Å². The minimum Gasteiger partial charge on any atom is -0.402 e. The molecule has 68 valence electrons. The zero-order valence-electron chi connectivity index (χ0n) is 7.89. The zero-order chi connectivity index (χ0) is 9.56. The van der Waals surface area contributed by atoms with E-state index >= 15 is 0 Å². The number of hydrogen-bond donors (Lipinski definition) is 3. The molecule has 0 aliphatic carbocycles. The van der Waals surface area contributed by atoms with Gasteiger partial charge in [-0.3, -0.25) is 0 Å². The molecule has 0 saturated heterocycles. The van der Waals surface area contributed by atoms with Crippen molar-refractivity contribution in [2.45, 2.75) is 20.8 Å². The van der Waals surface area contributed by atoms with E-state index in [1.165, 1.54) is 0 Å². The van der Waals surface area contributed by atoms with Crippen molar-refractivity contribution in [3.63, 3.8) is 0 Å². The highest BCUT2D eigenvalue weighted by Gasteiger charge is 1.93. The second kappa shape index (κ2) is 5.29. The smallest absolute Gasteiger partial charge is 0.108 e. The maximum atomic E-state index is 5.53. The van der Waals surface area contributed by atoms with Gasteiger partial charge in [0.25, 0.3) is 0 Å². The first-order chi connectivity index (χ1) is 5.70. The van der Waals surface area contributed by atoms with Gasteiger partial charge in [0.05, 0.1) is 0 Å². The van der Waals surface area contributed by atoms with Crippen molar-refractivity contribution in [1.29, 1.82) is 0 Å². The number of nitrogens with two attached hydrogens (primary N) is 2. The van der Waals surface area contributed by atoms with Crippen LogP contribution >= 0.6 is 0 Å². The molecule has 0 aliphatic heterocycles. The number of hydrogen-bond acceptors (Lipinski definition) is 2. The first-order valence-corrected chi connectivity index (χ1v) is 4.07. The second-order valence-electron chi connectivity index (χ2n) is 2.24. The van der Waals surface area contributed by atoms with Crippen LogP contribution in [0.5, 0.6) is 0 Å². The minimum absolute atomic E-state index is 0.657. The van der Waals surface area contributed by atoms with Crippen LogP contribution in [0.4, 0.5) is 5.82 Å². The molecular weight excluding hydrogens is 150 g/mol. The Labute approximate surface area is 73.5 Å². The Bertz CT molecular complexity index is 244. The van der Waals surface area contributed by atoms with Crippen LogP contribution in [-0.2, 0) is 0 Å². The molecule has 12 heavy (non-hydrogen) atoms. The van der Waals surface area contributed by atoms with Gasteiger partial charge in [-0.2, -0.15) is 0 Å². The van der Waals surface area contributed by atoms with Gasteiger partial charge in [-0.15, -0.1) is 0 Å². The highest BCUT2D eigenvalue weighted by molar-refractivity contribution is 5.62. The fourth-order valence-electron chi connectivity index (χ4n) is 0.765. The van der Waals surface area contributed by atoms with E-state index in [2.05, 4.69) is 4.98 Å². The molecule has 0 bridgehead atoms. The van der Waals surface area contributed by atoms with Gasteiger partial charge >= 0.3 is 0 Å². The molecule has 0 unspecified atom stereocenters. The summed E-state index contributed by atoms with van der Waals surface area (Å²) in [5, 5.41) is 0. The third-order valence-corrected chi connectivity index (χ3v) is 1.20. The van der Waals surface area contributed by atoms with Gasteiger partial charge in [0.2, 0.25) is 0 Å². The standard InChI is InChI=1S/C7H11N3.C2H6/c1-5(8)4-6-2-3-10-7(6)9;1-2/h2-4,10H,8-9H2,1H3;1-2H3/b5-4-;. The molecule has 1 heterocycles. The van der Waals surface area contributed by atoms with Gasteiger partial charge < -0.3 is 16.5 Å². The lowest BCUT2D eigenvalue weighted by Gasteiger charge is -1.91. The first-order valence-electron chi connectivity index (χ1n) is 4.07. The number of nitrogens with one attached hydrogen (secondary N) is 1. The van der Waals surface area contributed by atoms with E-state index < -0.39 is 0 Å². The molecule has 1 aromatic heterocycles. The molecule has 3 heteroatoms. The summed E-state index contributed by atoms with van der Waals surface area (Å²) in [7, 11) is 0. The fraction of sp³-hybridized carbons (Fsp3) is 0.333.